The molecule has 0 spiro atoms. The summed E-state index contributed by atoms with van der Waals surface area (Å²) in [5.41, 5.74) is 1.04. The van der Waals surface area contributed by atoms with E-state index in [1.807, 2.05) is 41.1 Å². The molecule has 6 nitrogen and oxygen atoms in total. The van der Waals surface area contributed by atoms with Gasteiger partial charge in [-0.05, 0) is 29.7 Å². The number of hydrogen-bond donors (Lipinski definition) is 1. The van der Waals surface area contributed by atoms with Crippen molar-refractivity contribution in [3.63, 3.8) is 0 Å². The van der Waals surface area contributed by atoms with Gasteiger partial charge in [0.2, 0.25) is 12.7 Å². The SMILES string of the molecule is O=C(Cn1ccc2ccccc21)NCC#CCOc1ccc2c(c1)OCO2. The van der Waals surface area contributed by atoms with Crippen molar-refractivity contribution in [1.29, 1.82) is 0 Å². The summed E-state index contributed by atoms with van der Waals surface area (Å²) >= 11 is 0. The van der Waals surface area contributed by atoms with Crippen LogP contribution < -0.4 is 19.5 Å². The van der Waals surface area contributed by atoms with E-state index in [9.17, 15) is 4.79 Å². The van der Waals surface area contributed by atoms with Gasteiger partial charge in [0.1, 0.15) is 18.9 Å². The number of hydrogen-bond acceptors (Lipinski definition) is 4. The highest BCUT2D eigenvalue weighted by atomic mass is 16.7. The quantitative estimate of drug-likeness (QED) is 0.709. The Hall–Kier alpha value is -3.59. The van der Waals surface area contributed by atoms with Gasteiger partial charge in [-0.25, -0.2) is 0 Å². The lowest BCUT2D eigenvalue weighted by atomic mass is 10.2. The average molecular weight is 362 g/mol. The van der Waals surface area contributed by atoms with Gasteiger partial charge in [-0.3, -0.25) is 4.79 Å². The van der Waals surface area contributed by atoms with Gasteiger partial charge in [-0.2, -0.15) is 0 Å². The summed E-state index contributed by atoms with van der Waals surface area (Å²) in [5.74, 6) is 7.73. The number of carbonyl (C=O) groups is 1. The fraction of sp³-hybridized carbons (Fsp3) is 0.190. The lowest BCUT2D eigenvalue weighted by Gasteiger charge is -2.05. The standard InChI is InChI=1S/C21H18N2O4/c24-21(14-23-11-9-16-5-1-2-6-18(16)23)22-10-3-4-12-25-17-7-8-19-20(13-17)27-15-26-19/h1-2,5-9,11,13H,10,12,14-15H2,(H,22,24). The largest absolute Gasteiger partial charge is 0.481 e. The van der Waals surface area contributed by atoms with Crippen molar-refractivity contribution in [2.75, 3.05) is 19.9 Å². The number of nitrogens with zero attached hydrogens (tertiary/aromatic N) is 1. The zero-order valence-electron chi connectivity index (χ0n) is 14.6. The van der Waals surface area contributed by atoms with Crippen molar-refractivity contribution < 1.29 is 19.0 Å². The molecule has 2 aromatic carbocycles. The Balaban J connectivity index is 1.21. The molecule has 1 aromatic heterocycles. The fourth-order valence-electron chi connectivity index (χ4n) is 2.83. The first-order valence-corrected chi connectivity index (χ1v) is 8.58. The van der Waals surface area contributed by atoms with Crippen molar-refractivity contribution in [3.05, 3.63) is 54.7 Å². The Morgan fingerprint density at radius 3 is 2.96 bits per heavy atom. The van der Waals surface area contributed by atoms with Gasteiger partial charge in [0, 0.05) is 17.8 Å². The van der Waals surface area contributed by atoms with Crippen LogP contribution in [0.2, 0.25) is 0 Å². The summed E-state index contributed by atoms with van der Waals surface area (Å²) in [4.78, 5) is 12.1. The van der Waals surface area contributed by atoms with Crippen LogP contribution in [0.15, 0.2) is 54.7 Å². The lowest BCUT2D eigenvalue weighted by Crippen LogP contribution is -2.27. The number of nitrogens with one attached hydrogen (secondary N) is 1. The Morgan fingerprint density at radius 2 is 2.00 bits per heavy atom. The Kier molecular flexibility index (Phi) is 4.84. The summed E-state index contributed by atoms with van der Waals surface area (Å²) in [6.45, 7) is 1.01. The highest BCUT2D eigenvalue weighted by Crippen LogP contribution is 2.34. The van der Waals surface area contributed by atoms with Gasteiger partial charge in [0.15, 0.2) is 11.5 Å². The fourth-order valence-corrected chi connectivity index (χ4v) is 2.83. The molecule has 1 aliphatic rings. The predicted molar refractivity (Wildman–Crippen MR) is 101 cm³/mol. The van der Waals surface area contributed by atoms with E-state index in [4.69, 9.17) is 14.2 Å². The maximum atomic E-state index is 12.1. The third-order valence-electron chi connectivity index (χ3n) is 4.15. The van der Waals surface area contributed by atoms with Gasteiger partial charge in [0.25, 0.3) is 0 Å². The summed E-state index contributed by atoms with van der Waals surface area (Å²) in [6.07, 6.45) is 1.91. The number of aromatic nitrogens is 1. The molecule has 1 amide bonds. The Morgan fingerprint density at radius 1 is 1.11 bits per heavy atom. The van der Waals surface area contributed by atoms with Crippen molar-refractivity contribution >= 4 is 16.8 Å². The number of para-hydroxylation sites is 1. The minimum atomic E-state index is -0.0812. The van der Waals surface area contributed by atoms with E-state index in [0.29, 0.717) is 17.2 Å². The lowest BCUT2D eigenvalue weighted by molar-refractivity contribution is -0.121. The number of rotatable bonds is 5. The first kappa shape index (κ1) is 16.9. The van der Waals surface area contributed by atoms with Crippen LogP contribution in [0.25, 0.3) is 10.9 Å². The first-order chi connectivity index (χ1) is 13.3. The molecule has 1 N–H and O–H groups in total. The van der Waals surface area contributed by atoms with E-state index in [-0.39, 0.29) is 32.4 Å². The molecule has 27 heavy (non-hydrogen) atoms. The predicted octanol–water partition coefficient (Wildman–Crippen LogP) is 2.57. The number of amides is 1. The van der Waals surface area contributed by atoms with Gasteiger partial charge in [0.05, 0.1) is 6.54 Å². The number of ether oxygens (including phenoxy) is 3. The van der Waals surface area contributed by atoms with Crippen LogP contribution in [0.3, 0.4) is 0 Å². The van der Waals surface area contributed by atoms with Gasteiger partial charge in [-0.1, -0.05) is 30.0 Å². The molecule has 136 valence electrons. The molecule has 3 aromatic rings. The van der Waals surface area contributed by atoms with Crippen LogP contribution in [-0.4, -0.2) is 30.4 Å². The van der Waals surface area contributed by atoms with Crippen LogP contribution in [-0.2, 0) is 11.3 Å². The van der Waals surface area contributed by atoms with Gasteiger partial charge >= 0.3 is 0 Å². The number of fused-ring (bicyclic) bond motifs is 2. The molecule has 0 saturated heterocycles. The zero-order valence-corrected chi connectivity index (χ0v) is 14.6. The Bertz CT molecular complexity index is 1030. The molecule has 0 bridgehead atoms. The summed E-state index contributed by atoms with van der Waals surface area (Å²) in [5, 5.41) is 3.91. The minimum absolute atomic E-state index is 0.0812. The molecule has 0 fully saturated rings. The van der Waals surface area contributed by atoms with E-state index < -0.39 is 0 Å². The summed E-state index contributed by atoms with van der Waals surface area (Å²) < 4.78 is 18.0. The normalized spacial score (nSPS) is 11.7. The van der Waals surface area contributed by atoms with Crippen LogP contribution in [0.4, 0.5) is 0 Å². The average Bonchev–Trinajstić information content (AvgIpc) is 3.31. The van der Waals surface area contributed by atoms with Gasteiger partial charge in [-0.15, -0.1) is 0 Å². The second-order valence-electron chi connectivity index (χ2n) is 5.94. The third kappa shape index (κ3) is 3.98. The number of carbonyl (C=O) groups excluding carboxylic acids is 1. The molecular weight excluding hydrogens is 344 g/mol. The van der Waals surface area contributed by atoms with Crippen LogP contribution in [0, 0.1) is 11.8 Å². The highest BCUT2D eigenvalue weighted by Gasteiger charge is 2.13. The minimum Gasteiger partial charge on any atom is -0.481 e. The smallest absolute Gasteiger partial charge is 0.240 e. The Labute approximate surface area is 156 Å². The van der Waals surface area contributed by atoms with E-state index in [1.165, 1.54) is 0 Å². The monoisotopic (exact) mass is 362 g/mol. The summed E-state index contributed by atoms with van der Waals surface area (Å²) in [6, 6.07) is 15.3. The molecule has 2 heterocycles. The summed E-state index contributed by atoms with van der Waals surface area (Å²) in [7, 11) is 0. The topological polar surface area (TPSA) is 61.7 Å². The second kappa shape index (κ2) is 7.75. The first-order valence-electron chi connectivity index (χ1n) is 8.58. The van der Waals surface area contributed by atoms with E-state index >= 15 is 0 Å². The maximum Gasteiger partial charge on any atom is 0.240 e. The van der Waals surface area contributed by atoms with Crippen molar-refractivity contribution in [3.8, 4) is 29.1 Å². The molecule has 0 radical (unpaired) electrons. The van der Waals surface area contributed by atoms with E-state index in [0.717, 1.165) is 10.9 Å². The number of benzene rings is 2. The van der Waals surface area contributed by atoms with Crippen LogP contribution >= 0.6 is 0 Å². The van der Waals surface area contributed by atoms with Crippen molar-refractivity contribution in [2.24, 2.45) is 0 Å². The zero-order chi connectivity index (χ0) is 18.5. The van der Waals surface area contributed by atoms with Crippen LogP contribution in [0.1, 0.15) is 0 Å². The molecule has 0 atom stereocenters. The van der Waals surface area contributed by atoms with E-state index in [1.54, 1.807) is 18.2 Å². The van der Waals surface area contributed by atoms with E-state index in [2.05, 4.69) is 17.2 Å². The van der Waals surface area contributed by atoms with Crippen molar-refractivity contribution in [1.82, 2.24) is 9.88 Å². The maximum absolute atomic E-state index is 12.1. The second-order valence-corrected chi connectivity index (χ2v) is 5.94. The molecule has 0 unspecified atom stereocenters. The molecule has 6 heteroatoms. The molecule has 0 aliphatic carbocycles. The van der Waals surface area contributed by atoms with Crippen molar-refractivity contribution in [2.45, 2.75) is 6.54 Å². The molecule has 4 rings (SSSR count). The molecular formula is C21H18N2O4. The highest BCUT2D eigenvalue weighted by molar-refractivity contribution is 5.83. The molecule has 0 saturated carbocycles. The van der Waals surface area contributed by atoms with Crippen LogP contribution in [0.5, 0.6) is 17.2 Å². The third-order valence-corrected chi connectivity index (χ3v) is 4.15. The molecule has 1 aliphatic heterocycles. The van der Waals surface area contributed by atoms with Gasteiger partial charge < -0.3 is 24.1 Å².